The minimum atomic E-state index is -0.593. The number of nitrogens with one attached hydrogen (secondary N) is 2. The Kier molecular flexibility index (Phi) is 5.93. The van der Waals surface area contributed by atoms with E-state index in [2.05, 4.69) is 16.7 Å². The van der Waals surface area contributed by atoms with Crippen LogP contribution in [0.4, 0.5) is 4.39 Å². The number of amides is 2. The summed E-state index contributed by atoms with van der Waals surface area (Å²) < 4.78 is 18.8. The van der Waals surface area contributed by atoms with E-state index < -0.39 is 11.2 Å². The maximum atomic E-state index is 13.5. The van der Waals surface area contributed by atoms with Gasteiger partial charge in [0.25, 0.3) is 5.91 Å². The molecule has 0 aromatic heterocycles. The lowest BCUT2D eigenvalue weighted by Crippen LogP contribution is -2.45. The van der Waals surface area contributed by atoms with Gasteiger partial charge in [0.15, 0.2) is 6.61 Å². The third-order valence-electron chi connectivity index (χ3n) is 6.46. The third-order valence-corrected chi connectivity index (χ3v) is 6.77. The zero-order valence-corrected chi connectivity index (χ0v) is 18.3. The zero-order chi connectivity index (χ0) is 22.2. The summed E-state index contributed by atoms with van der Waals surface area (Å²) in [6.07, 6.45) is 2.20. The second kappa shape index (κ2) is 8.50. The molecule has 3 aliphatic rings. The van der Waals surface area contributed by atoms with Crippen molar-refractivity contribution in [3.63, 3.8) is 0 Å². The van der Waals surface area contributed by atoms with Crippen LogP contribution in [0.25, 0.3) is 0 Å². The van der Waals surface area contributed by atoms with Gasteiger partial charge in [0, 0.05) is 12.1 Å². The molecule has 3 saturated carbocycles. The lowest BCUT2D eigenvalue weighted by atomic mass is 9.69. The molecule has 3 fully saturated rings. The number of ether oxygens (including phenoxy) is 1. The Morgan fingerprint density at radius 1 is 1.23 bits per heavy atom. The summed E-state index contributed by atoms with van der Waals surface area (Å²) in [5.74, 6) is -0.270. The van der Waals surface area contributed by atoms with E-state index >= 15 is 0 Å². The topological polar surface area (TPSA) is 67.4 Å². The number of hydrogen-bond donors (Lipinski definition) is 2. The van der Waals surface area contributed by atoms with Crippen LogP contribution in [-0.4, -0.2) is 24.5 Å². The first kappa shape index (κ1) is 21.6. The lowest BCUT2D eigenvalue weighted by Gasteiger charge is -2.37. The van der Waals surface area contributed by atoms with Crippen LogP contribution in [0.1, 0.15) is 43.4 Å². The maximum Gasteiger partial charge on any atom is 0.258 e. The lowest BCUT2D eigenvalue weighted by molar-refractivity contribution is -0.135. The molecule has 5 rings (SSSR count). The van der Waals surface area contributed by atoms with Crippen LogP contribution in [0.15, 0.2) is 42.5 Å². The summed E-state index contributed by atoms with van der Waals surface area (Å²) in [4.78, 5) is 25.3. The van der Waals surface area contributed by atoms with Crippen molar-refractivity contribution in [2.75, 3.05) is 6.61 Å². The number of hydrogen-bond acceptors (Lipinski definition) is 3. The number of aryl methyl sites for hydroxylation is 1. The largest absolute Gasteiger partial charge is 0.484 e. The Hall–Kier alpha value is -2.60. The normalized spacial score (nSPS) is 24.8. The Labute approximate surface area is 186 Å². The van der Waals surface area contributed by atoms with E-state index in [1.165, 1.54) is 12.1 Å². The molecule has 2 aromatic rings. The second-order valence-electron chi connectivity index (χ2n) is 8.80. The first-order chi connectivity index (χ1) is 14.8. The molecule has 2 N–H and O–H groups in total. The minimum absolute atomic E-state index is 0.00262. The highest BCUT2D eigenvalue weighted by molar-refractivity contribution is 6.30. The SMILES string of the molecule is Cc1cccc([C@H](C)NC(=O)C23CC(C2)[C@@H](NC(=O)COc2ccc(Cl)c(F)c2)C3)c1. The predicted octanol–water partition coefficient (Wildman–Crippen LogP) is 4.33. The van der Waals surface area contributed by atoms with Crippen molar-refractivity contribution in [2.45, 2.75) is 45.2 Å². The summed E-state index contributed by atoms with van der Waals surface area (Å²) in [5.41, 5.74) is 1.84. The molecule has 31 heavy (non-hydrogen) atoms. The molecule has 3 aliphatic carbocycles. The molecule has 164 valence electrons. The Balaban J connectivity index is 1.28. The van der Waals surface area contributed by atoms with Crippen molar-refractivity contribution >= 4 is 23.4 Å². The van der Waals surface area contributed by atoms with Crippen molar-refractivity contribution in [3.8, 4) is 5.75 Å². The van der Waals surface area contributed by atoms with Crippen LogP contribution in [0.3, 0.4) is 0 Å². The molecule has 0 unspecified atom stereocenters. The highest BCUT2D eigenvalue weighted by Gasteiger charge is 2.60. The van der Waals surface area contributed by atoms with Gasteiger partial charge in [0.2, 0.25) is 5.91 Å². The number of rotatable bonds is 7. The molecule has 7 heteroatoms. The van der Waals surface area contributed by atoms with E-state index in [9.17, 15) is 14.0 Å². The van der Waals surface area contributed by atoms with Crippen LogP contribution in [0.5, 0.6) is 5.75 Å². The van der Waals surface area contributed by atoms with Crippen LogP contribution < -0.4 is 15.4 Å². The van der Waals surface area contributed by atoms with Crippen LogP contribution in [0.2, 0.25) is 5.02 Å². The predicted molar refractivity (Wildman–Crippen MR) is 116 cm³/mol. The van der Waals surface area contributed by atoms with Gasteiger partial charge in [-0.3, -0.25) is 9.59 Å². The number of fused-ring (bicyclic) bond motifs is 1. The van der Waals surface area contributed by atoms with Gasteiger partial charge in [0.1, 0.15) is 11.6 Å². The first-order valence-electron chi connectivity index (χ1n) is 10.5. The molecular weight excluding hydrogens is 419 g/mol. The molecule has 2 bridgehead atoms. The van der Waals surface area contributed by atoms with Crippen molar-refractivity contribution in [2.24, 2.45) is 11.3 Å². The molecule has 2 atom stereocenters. The molecular formula is C24H26ClFN2O3. The average molecular weight is 445 g/mol. The highest BCUT2D eigenvalue weighted by atomic mass is 35.5. The van der Waals surface area contributed by atoms with Crippen LogP contribution in [0, 0.1) is 24.1 Å². The molecule has 2 amide bonds. The second-order valence-corrected chi connectivity index (χ2v) is 9.21. The minimum Gasteiger partial charge on any atom is -0.484 e. The number of carbonyl (C=O) groups is 2. The third kappa shape index (κ3) is 4.54. The zero-order valence-electron chi connectivity index (χ0n) is 17.6. The van der Waals surface area contributed by atoms with Gasteiger partial charge in [-0.15, -0.1) is 0 Å². The molecule has 0 radical (unpaired) electrons. The van der Waals surface area contributed by atoms with Crippen LogP contribution >= 0.6 is 11.6 Å². The monoisotopic (exact) mass is 444 g/mol. The molecule has 0 aliphatic heterocycles. The Morgan fingerprint density at radius 2 is 2.00 bits per heavy atom. The summed E-state index contributed by atoms with van der Waals surface area (Å²) in [5, 5.41) is 6.13. The number of benzene rings is 2. The Morgan fingerprint density at radius 3 is 2.71 bits per heavy atom. The maximum absolute atomic E-state index is 13.5. The number of carbonyl (C=O) groups excluding carboxylic acids is 2. The summed E-state index contributed by atoms with van der Waals surface area (Å²) in [6.45, 7) is 3.81. The van der Waals surface area contributed by atoms with Gasteiger partial charge in [-0.1, -0.05) is 41.4 Å². The van der Waals surface area contributed by atoms with Gasteiger partial charge in [-0.2, -0.15) is 0 Å². The Bertz CT molecular complexity index is 1010. The van der Waals surface area contributed by atoms with Gasteiger partial charge in [0.05, 0.1) is 16.5 Å². The summed E-state index contributed by atoms with van der Waals surface area (Å²) >= 11 is 5.65. The van der Waals surface area contributed by atoms with E-state index in [1.54, 1.807) is 0 Å². The van der Waals surface area contributed by atoms with E-state index in [0.29, 0.717) is 12.3 Å². The molecule has 2 aromatic carbocycles. The van der Waals surface area contributed by atoms with Gasteiger partial charge >= 0.3 is 0 Å². The molecule has 0 heterocycles. The molecule has 0 spiro atoms. The van der Waals surface area contributed by atoms with Gasteiger partial charge in [-0.05, 0) is 56.7 Å². The van der Waals surface area contributed by atoms with E-state index in [-0.39, 0.29) is 41.3 Å². The standard InChI is InChI=1S/C24H26ClFN2O3/c1-14-4-3-5-16(8-14)15(2)27-23(30)24-10-17(11-24)21(12-24)28-22(29)13-31-18-6-7-19(25)20(26)9-18/h3-9,15,17,21H,10-13H2,1-2H3,(H,27,30)(H,28,29)/t15-,17?,21-,24?/m0/s1. The van der Waals surface area contributed by atoms with E-state index in [1.807, 2.05) is 32.0 Å². The molecule has 0 saturated heterocycles. The van der Waals surface area contributed by atoms with Crippen molar-refractivity contribution < 1.29 is 18.7 Å². The van der Waals surface area contributed by atoms with Gasteiger partial charge in [-0.25, -0.2) is 4.39 Å². The molecule has 5 nitrogen and oxygen atoms in total. The van der Waals surface area contributed by atoms with Crippen molar-refractivity contribution in [1.29, 1.82) is 0 Å². The fraction of sp³-hybridized carbons (Fsp3) is 0.417. The van der Waals surface area contributed by atoms with Crippen molar-refractivity contribution in [3.05, 3.63) is 64.4 Å². The number of halogens is 2. The van der Waals surface area contributed by atoms with Gasteiger partial charge < -0.3 is 15.4 Å². The summed E-state index contributed by atoms with van der Waals surface area (Å²) in [6, 6.07) is 12.1. The smallest absolute Gasteiger partial charge is 0.258 e. The van der Waals surface area contributed by atoms with E-state index in [0.717, 1.165) is 30.0 Å². The van der Waals surface area contributed by atoms with Crippen LogP contribution in [-0.2, 0) is 9.59 Å². The van der Waals surface area contributed by atoms with Crippen molar-refractivity contribution in [1.82, 2.24) is 10.6 Å². The summed E-state index contributed by atoms with van der Waals surface area (Å²) in [7, 11) is 0. The average Bonchev–Trinajstić information content (AvgIpc) is 3.24. The fourth-order valence-corrected chi connectivity index (χ4v) is 4.88. The fourth-order valence-electron chi connectivity index (χ4n) is 4.77. The quantitative estimate of drug-likeness (QED) is 0.668. The van der Waals surface area contributed by atoms with E-state index in [4.69, 9.17) is 16.3 Å². The first-order valence-corrected chi connectivity index (χ1v) is 10.9. The highest BCUT2D eigenvalue weighted by Crippen LogP contribution is 2.59.